The van der Waals surface area contributed by atoms with Gasteiger partial charge in [-0.25, -0.2) is 4.79 Å². The second kappa shape index (κ2) is 9.26. The Labute approximate surface area is 200 Å². The molecule has 1 aliphatic rings. The van der Waals surface area contributed by atoms with E-state index in [4.69, 9.17) is 4.74 Å². The molecule has 1 aliphatic heterocycles. The van der Waals surface area contributed by atoms with Crippen molar-refractivity contribution < 1.29 is 14.3 Å². The molecule has 0 aliphatic carbocycles. The summed E-state index contributed by atoms with van der Waals surface area (Å²) in [6, 6.07) is 14.9. The van der Waals surface area contributed by atoms with Gasteiger partial charge in [-0.15, -0.1) is 0 Å². The predicted molar refractivity (Wildman–Crippen MR) is 129 cm³/mol. The van der Waals surface area contributed by atoms with E-state index in [1.54, 1.807) is 16.8 Å². The fraction of sp³-hybridized carbons (Fsp3) is 0.391. The van der Waals surface area contributed by atoms with Gasteiger partial charge in [0.1, 0.15) is 18.8 Å². The van der Waals surface area contributed by atoms with Crippen molar-refractivity contribution in [3.63, 3.8) is 0 Å². The van der Waals surface area contributed by atoms with Crippen LogP contribution in [0.2, 0.25) is 0 Å². The lowest BCUT2D eigenvalue weighted by atomic mass is 9.91. The SMILES string of the molecule is CN1C(=O)[C@H](Cc2ccc(Br)cc2I)N(C(=O)OCc2ccccc2)[C@H]1C(C)(C)C. The Balaban J connectivity index is 1.89. The van der Waals surface area contributed by atoms with E-state index >= 15 is 0 Å². The number of ether oxygens (including phenoxy) is 1. The number of rotatable bonds is 4. The number of carbonyl (C=O) groups excluding carboxylic acids is 2. The van der Waals surface area contributed by atoms with Crippen molar-refractivity contribution in [2.45, 2.75) is 46.0 Å². The van der Waals surface area contributed by atoms with Gasteiger partial charge in [0.2, 0.25) is 5.91 Å². The quantitative estimate of drug-likeness (QED) is 0.449. The molecule has 7 heteroatoms. The molecule has 1 fully saturated rings. The molecule has 160 valence electrons. The van der Waals surface area contributed by atoms with Crippen molar-refractivity contribution in [1.29, 1.82) is 0 Å². The first-order chi connectivity index (χ1) is 14.1. The van der Waals surface area contributed by atoms with Gasteiger partial charge in [-0.1, -0.05) is 73.1 Å². The molecule has 0 radical (unpaired) electrons. The topological polar surface area (TPSA) is 49.9 Å². The minimum atomic E-state index is -0.600. The molecule has 1 saturated heterocycles. The smallest absolute Gasteiger partial charge is 0.412 e. The van der Waals surface area contributed by atoms with Crippen LogP contribution in [-0.2, 0) is 22.6 Å². The zero-order valence-corrected chi connectivity index (χ0v) is 21.3. The fourth-order valence-corrected chi connectivity index (χ4v) is 5.46. The summed E-state index contributed by atoms with van der Waals surface area (Å²) >= 11 is 5.74. The molecule has 0 unspecified atom stereocenters. The van der Waals surface area contributed by atoms with Crippen LogP contribution in [0.3, 0.4) is 0 Å². The number of benzene rings is 2. The number of likely N-dealkylation sites (N-methyl/N-ethyl adjacent to an activating group) is 1. The monoisotopic (exact) mass is 584 g/mol. The second-order valence-corrected chi connectivity index (χ2v) is 10.7. The van der Waals surface area contributed by atoms with Crippen LogP contribution in [0.15, 0.2) is 53.0 Å². The van der Waals surface area contributed by atoms with E-state index < -0.39 is 12.1 Å². The van der Waals surface area contributed by atoms with E-state index in [9.17, 15) is 9.59 Å². The number of hydrogen-bond acceptors (Lipinski definition) is 3. The Morgan fingerprint density at radius 3 is 2.43 bits per heavy atom. The molecule has 30 heavy (non-hydrogen) atoms. The summed E-state index contributed by atoms with van der Waals surface area (Å²) in [5, 5.41) is 0. The number of nitrogens with zero attached hydrogens (tertiary/aromatic N) is 2. The third kappa shape index (κ3) is 4.99. The lowest BCUT2D eigenvalue weighted by Gasteiger charge is -2.38. The molecule has 3 rings (SSSR count). The Morgan fingerprint density at radius 2 is 1.83 bits per heavy atom. The lowest BCUT2D eigenvalue weighted by molar-refractivity contribution is -0.129. The number of hydrogen-bond donors (Lipinski definition) is 0. The summed E-state index contributed by atoms with van der Waals surface area (Å²) in [5.41, 5.74) is 1.62. The Kier molecular flexibility index (Phi) is 7.12. The third-order valence-corrected chi connectivity index (χ3v) is 6.72. The van der Waals surface area contributed by atoms with Crippen molar-refractivity contribution in [2.24, 2.45) is 5.41 Å². The van der Waals surface area contributed by atoms with Gasteiger partial charge >= 0.3 is 6.09 Å². The maximum absolute atomic E-state index is 13.2. The molecular weight excluding hydrogens is 559 g/mol. The van der Waals surface area contributed by atoms with Crippen molar-refractivity contribution >= 4 is 50.5 Å². The van der Waals surface area contributed by atoms with Crippen LogP contribution < -0.4 is 0 Å². The molecule has 0 saturated carbocycles. The van der Waals surface area contributed by atoms with E-state index in [0.29, 0.717) is 6.42 Å². The van der Waals surface area contributed by atoms with Crippen molar-refractivity contribution in [1.82, 2.24) is 9.80 Å². The lowest BCUT2D eigenvalue weighted by Crippen LogP contribution is -2.51. The van der Waals surface area contributed by atoms with Gasteiger partial charge in [-0.05, 0) is 45.9 Å². The fourth-order valence-electron chi connectivity index (χ4n) is 3.93. The van der Waals surface area contributed by atoms with Gasteiger partial charge in [0.15, 0.2) is 0 Å². The van der Waals surface area contributed by atoms with Gasteiger partial charge in [-0.3, -0.25) is 9.69 Å². The van der Waals surface area contributed by atoms with Crippen LogP contribution in [-0.4, -0.2) is 41.1 Å². The normalized spacial score (nSPS) is 19.3. The van der Waals surface area contributed by atoms with E-state index in [1.807, 2.05) is 69.3 Å². The molecule has 0 bridgehead atoms. The molecule has 1 heterocycles. The van der Waals surface area contributed by atoms with E-state index in [0.717, 1.165) is 19.2 Å². The Bertz CT molecular complexity index is 930. The molecule has 2 atom stereocenters. The largest absolute Gasteiger partial charge is 0.444 e. The summed E-state index contributed by atoms with van der Waals surface area (Å²) in [5.74, 6) is -0.0645. The number of amides is 2. The van der Waals surface area contributed by atoms with E-state index in [-0.39, 0.29) is 24.1 Å². The minimum Gasteiger partial charge on any atom is -0.444 e. The molecule has 2 aromatic carbocycles. The molecule has 5 nitrogen and oxygen atoms in total. The predicted octanol–water partition coefficient (Wildman–Crippen LogP) is 5.45. The molecule has 0 aromatic heterocycles. The van der Waals surface area contributed by atoms with Gasteiger partial charge in [-0.2, -0.15) is 0 Å². The maximum Gasteiger partial charge on any atom is 0.412 e. The van der Waals surface area contributed by atoms with Gasteiger partial charge in [0.05, 0.1) is 0 Å². The average molecular weight is 585 g/mol. The van der Waals surface area contributed by atoms with Crippen molar-refractivity contribution in [2.75, 3.05) is 7.05 Å². The minimum absolute atomic E-state index is 0.0645. The zero-order chi connectivity index (χ0) is 22.1. The average Bonchev–Trinajstić information content (AvgIpc) is 2.94. The first-order valence-corrected chi connectivity index (χ1v) is 11.7. The summed E-state index contributed by atoms with van der Waals surface area (Å²) < 4.78 is 7.68. The zero-order valence-electron chi connectivity index (χ0n) is 17.6. The first-order valence-electron chi connectivity index (χ1n) is 9.79. The van der Waals surface area contributed by atoms with E-state index in [2.05, 4.69) is 38.5 Å². The molecule has 0 N–H and O–H groups in total. The Hall–Kier alpha value is -1.61. The standard InChI is InChI=1S/C23H26BrIN2O3/c1-23(2,3)21-26(4)20(28)19(12-16-10-11-17(24)13-18(16)25)27(21)22(29)30-14-15-8-6-5-7-9-15/h5-11,13,19,21H,12,14H2,1-4H3/t19-,21-/m0/s1. The van der Waals surface area contributed by atoms with Crippen molar-refractivity contribution in [3.8, 4) is 0 Å². The maximum atomic E-state index is 13.2. The number of halogens is 2. The highest BCUT2D eigenvalue weighted by molar-refractivity contribution is 14.1. The second-order valence-electron chi connectivity index (χ2n) is 8.59. The van der Waals surface area contributed by atoms with Gasteiger partial charge in [0.25, 0.3) is 0 Å². The summed E-state index contributed by atoms with van der Waals surface area (Å²) in [6.07, 6.45) is -0.401. The number of carbonyl (C=O) groups is 2. The van der Waals surface area contributed by atoms with Crippen LogP contribution >= 0.6 is 38.5 Å². The highest BCUT2D eigenvalue weighted by Gasteiger charge is 2.52. The summed E-state index contributed by atoms with van der Waals surface area (Å²) in [4.78, 5) is 29.7. The highest BCUT2D eigenvalue weighted by Crippen LogP contribution is 2.36. The third-order valence-electron chi connectivity index (χ3n) is 5.22. The first kappa shape index (κ1) is 23.1. The summed E-state index contributed by atoms with van der Waals surface area (Å²) in [6.45, 7) is 6.27. The van der Waals surface area contributed by atoms with Crippen LogP contribution in [0.1, 0.15) is 31.9 Å². The highest BCUT2D eigenvalue weighted by atomic mass is 127. The van der Waals surface area contributed by atoms with Crippen molar-refractivity contribution in [3.05, 3.63) is 67.7 Å². The molecule has 2 amide bonds. The summed E-state index contributed by atoms with van der Waals surface area (Å²) in [7, 11) is 1.77. The molecule has 0 spiro atoms. The Morgan fingerprint density at radius 1 is 1.17 bits per heavy atom. The van der Waals surface area contributed by atoms with Gasteiger partial charge in [0, 0.05) is 26.9 Å². The van der Waals surface area contributed by atoms with Crippen LogP contribution in [0.4, 0.5) is 4.79 Å². The van der Waals surface area contributed by atoms with Gasteiger partial charge < -0.3 is 9.64 Å². The van der Waals surface area contributed by atoms with Crippen LogP contribution in [0.25, 0.3) is 0 Å². The van der Waals surface area contributed by atoms with Crippen LogP contribution in [0.5, 0.6) is 0 Å². The molecule has 2 aromatic rings. The van der Waals surface area contributed by atoms with Crippen LogP contribution in [0, 0.1) is 8.99 Å². The molecular formula is C23H26BrIN2O3. The van der Waals surface area contributed by atoms with E-state index in [1.165, 1.54) is 0 Å².